The van der Waals surface area contributed by atoms with Gasteiger partial charge in [0.05, 0.1) is 71.4 Å². The summed E-state index contributed by atoms with van der Waals surface area (Å²) in [5, 5.41) is 42.8. The van der Waals surface area contributed by atoms with Gasteiger partial charge in [-0.2, -0.15) is 13.2 Å². The smallest absolute Gasteiger partial charge is 0.424 e. The highest BCUT2D eigenvalue weighted by atomic mass is 19.4. The number of halogens is 3. The number of ether oxygens (including phenoxy) is 5. The molecule has 30 nitrogen and oxygen atoms in total. The summed E-state index contributed by atoms with van der Waals surface area (Å²) < 4.78 is 65.9. The Morgan fingerprint density at radius 1 is 0.400 bits per heavy atom. The van der Waals surface area contributed by atoms with Crippen molar-refractivity contribution < 1.29 is 105 Å². The quantitative estimate of drug-likeness (QED) is 0.0158. The highest BCUT2D eigenvalue weighted by Gasteiger charge is 2.57. The Labute approximate surface area is 842 Å². The number of ketones is 5. The standard InChI is InChI=1S/C29H37N3O5.C29H31N3O5.C27H30F3NO6.C27H35N3O4/c1-28(14-15-28)25(34)23(17-20-7-4-3-5-8-20)31-26(35)24(18-21-9-11-22(37-2)12-10-21)32-27(36)29(19-33)13-6-16-30-29;1-29(15-16-29)26(34)23(17-19-7-4-3-5-8-19)31-28(36)24(18-20-11-13-21(37-2)14-12-20)32-27(35)22-9-6-10-25(33)30-22;1-25(16-37-25)23(33)21(14-17-7-5-4-6-8-17)31-24(34)19(13-18-9-11-20(36-3)12-10-18)15-22(32)26(2,35)27(28,29)30;1-26(2,28)25(33)30-22(17-19-10-12-20(34-4)13-11-19)24(32)29-21(23(31)27(3)14-15-27)16-18-8-6-5-7-9-18/h3-5,7-12,23-24,30,33H,6,13-19H2,1-2H3,(H,31,35)(H,32,36);3-14,23-24H,15-18H2,1-2H3,(H,30,33)(H,31,36)(H,32,35);4-12,19,21,35H,13-16H2,1-3H3,(H,31,34);5-13,21-22H,14-17,28H2,1-4H3,(H,29,32)(H,30,33)/t23-,24-,29-;23-,24-;19-,21+,25-,26-;21-,22-/m0010/s1. The van der Waals surface area contributed by atoms with Crippen molar-refractivity contribution >= 4 is 70.3 Å². The van der Waals surface area contributed by atoms with Crippen molar-refractivity contribution in [2.45, 2.75) is 228 Å². The number of carbonyl (C=O) groups excluding carboxylic acids is 12. The van der Waals surface area contributed by atoms with Gasteiger partial charge < -0.3 is 87.1 Å². The second kappa shape index (κ2) is 49.6. The molecule has 3 saturated carbocycles. The molecule has 5 fully saturated rings. The molecule has 0 radical (unpaired) electrons. The zero-order chi connectivity index (χ0) is 105. The largest absolute Gasteiger partial charge is 0.497 e. The number of amides is 7. The van der Waals surface area contributed by atoms with Crippen molar-refractivity contribution in [2.24, 2.45) is 27.9 Å². The van der Waals surface area contributed by atoms with Crippen LogP contribution >= 0.6 is 0 Å². The molecule has 13 N–H and O–H groups in total. The molecule has 0 bridgehead atoms. The van der Waals surface area contributed by atoms with Crippen LogP contribution in [0, 0.1) is 22.2 Å². The summed E-state index contributed by atoms with van der Waals surface area (Å²) in [6, 6.07) is 64.2. The molecule has 2 saturated heterocycles. The molecule has 0 spiro atoms. The first-order chi connectivity index (χ1) is 68.8. The van der Waals surface area contributed by atoms with E-state index in [1.807, 2.05) is 148 Å². The lowest BCUT2D eigenvalue weighted by atomic mass is 9.86. The van der Waals surface area contributed by atoms with E-state index in [2.05, 4.69) is 47.5 Å². The highest BCUT2D eigenvalue weighted by Crippen LogP contribution is 2.49. The number of aromatic amines is 1. The summed E-state index contributed by atoms with van der Waals surface area (Å²) in [5.74, 6) is -4.11. The molecule has 3 heterocycles. The van der Waals surface area contributed by atoms with Crippen LogP contribution in [0.2, 0.25) is 0 Å². The number of carbonyl (C=O) groups is 12. The predicted molar refractivity (Wildman–Crippen MR) is 539 cm³/mol. The topological polar surface area (TPSA) is 450 Å². The lowest BCUT2D eigenvalue weighted by Gasteiger charge is -2.30. The second-order valence-electron chi connectivity index (χ2n) is 39.8. The van der Waals surface area contributed by atoms with Gasteiger partial charge in [-0.15, -0.1) is 0 Å². The number of rotatable bonds is 46. The fraction of sp³-hybridized carbons (Fsp3) is 0.420. The molecule has 14 rings (SSSR count). The summed E-state index contributed by atoms with van der Waals surface area (Å²) in [4.78, 5) is 173. The number of aromatic nitrogens is 1. The Balaban J connectivity index is 0.000000184. The first-order valence-electron chi connectivity index (χ1n) is 48.6. The number of nitrogens with two attached hydrogens (primary N) is 1. The summed E-state index contributed by atoms with van der Waals surface area (Å²) in [6.07, 6.45) is 1.82. The van der Waals surface area contributed by atoms with Crippen LogP contribution in [0.4, 0.5) is 13.2 Å². The summed E-state index contributed by atoms with van der Waals surface area (Å²) >= 11 is 0. The minimum atomic E-state index is -5.21. The van der Waals surface area contributed by atoms with Gasteiger partial charge in [0, 0.05) is 53.9 Å². The summed E-state index contributed by atoms with van der Waals surface area (Å²) in [6.45, 7) is 11.4. The van der Waals surface area contributed by atoms with Crippen LogP contribution in [-0.2, 0) is 109 Å². The number of pyridine rings is 1. The van der Waals surface area contributed by atoms with Gasteiger partial charge in [-0.3, -0.25) is 62.3 Å². The molecule has 2 aliphatic heterocycles. The maximum absolute atomic E-state index is 13.7. The maximum Gasteiger partial charge on any atom is 0.424 e. The number of benzene rings is 8. The van der Waals surface area contributed by atoms with Crippen molar-refractivity contribution in [1.82, 2.24) is 47.5 Å². The van der Waals surface area contributed by atoms with E-state index >= 15 is 0 Å². The van der Waals surface area contributed by atoms with Gasteiger partial charge in [0.1, 0.15) is 58.0 Å². The first-order valence-corrected chi connectivity index (χ1v) is 48.6. The molecular formula is C112H133F3N10O20. The van der Waals surface area contributed by atoms with E-state index in [1.165, 1.54) is 25.3 Å². The fourth-order valence-electron chi connectivity index (χ4n) is 16.7. The molecule has 1 aromatic heterocycles. The molecule has 11 atom stereocenters. The van der Waals surface area contributed by atoms with E-state index in [0.29, 0.717) is 67.7 Å². The number of alkyl halides is 3. The number of hydrogen-bond acceptors (Lipinski definition) is 22. The minimum absolute atomic E-state index is 0.00776. The number of epoxide rings is 1. The number of Topliss-reactive ketones (excluding diaryl/α,β-unsaturated/α-hetero) is 5. The van der Waals surface area contributed by atoms with E-state index < -0.39 is 152 Å². The third kappa shape index (κ3) is 31.8. The van der Waals surface area contributed by atoms with Gasteiger partial charge in [-0.25, -0.2) is 0 Å². The first kappa shape index (κ1) is 111. The van der Waals surface area contributed by atoms with E-state index in [1.54, 1.807) is 133 Å². The van der Waals surface area contributed by atoms with E-state index in [9.17, 15) is 85.7 Å². The van der Waals surface area contributed by atoms with Gasteiger partial charge >= 0.3 is 6.18 Å². The van der Waals surface area contributed by atoms with Crippen LogP contribution in [0.5, 0.6) is 23.0 Å². The van der Waals surface area contributed by atoms with Crippen molar-refractivity contribution in [1.29, 1.82) is 0 Å². The summed E-state index contributed by atoms with van der Waals surface area (Å²) in [5.41, 5.74) is 4.01. The van der Waals surface area contributed by atoms with E-state index in [-0.39, 0.29) is 74.1 Å². The molecule has 145 heavy (non-hydrogen) atoms. The number of aliphatic hydroxyl groups excluding tert-OH is 1. The van der Waals surface area contributed by atoms with Crippen LogP contribution in [0.3, 0.4) is 0 Å². The molecule has 0 unspecified atom stereocenters. The predicted octanol–water partition coefficient (Wildman–Crippen LogP) is 10.5. The van der Waals surface area contributed by atoms with E-state index in [4.69, 9.17) is 29.4 Å². The van der Waals surface area contributed by atoms with Crippen LogP contribution in [0.1, 0.15) is 161 Å². The molecule has 33 heteroatoms. The number of aliphatic hydroxyl groups is 2. The molecule has 9 aromatic rings. The Kier molecular flexibility index (Phi) is 38.2. The Morgan fingerprint density at radius 3 is 1.01 bits per heavy atom. The van der Waals surface area contributed by atoms with Crippen molar-refractivity contribution in [3.05, 3.63) is 297 Å². The average molecular weight is 2000 g/mol. The Morgan fingerprint density at radius 2 is 0.710 bits per heavy atom. The van der Waals surface area contributed by atoms with Gasteiger partial charge in [0.2, 0.25) is 46.6 Å². The molecule has 8 aromatic carbocycles. The lowest BCUT2D eigenvalue weighted by Crippen LogP contribution is -2.61. The van der Waals surface area contributed by atoms with E-state index in [0.717, 1.165) is 83.9 Å². The summed E-state index contributed by atoms with van der Waals surface area (Å²) in [7, 11) is 6.20. The second-order valence-corrected chi connectivity index (χ2v) is 39.8. The van der Waals surface area contributed by atoms with Gasteiger partial charge in [-0.1, -0.05) is 197 Å². The Hall–Kier alpha value is -13.9. The lowest BCUT2D eigenvalue weighted by molar-refractivity contribution is -0.244. The number of H-pyrrole nitrogens is 1. The molecular weight excluding hydrogens is 1860 g/mol. The number of nitrogens with one attached hydrogen (secondary N) is 9. The van der Waals surface area contributed by atoms with Gasteiger partial charge in [0.15, 0.2) is 28.9 Å². The fourth-order valence-corrected chi connectivity index (χ4v) is 16.7. The molecule has 7 amide bonds. The van der Waals surface area contributed by atoms with Crippen LogP contribution in [0.25, 0.3) is 0 Å². The van der Waals surface area contributed by atoms with Crippen molar-refractivity contribution in [2.75, 3.05) is 48.2 Å². The highest BCUT2D eigenvalue weighted by molar-refractivity contribution is 6.02. The third-order valence-electron chi connectivity index (χ3n) is 27.3. The molecule has 5 aliphatic rings. The van der Waals surface area contributed by atoms with Crippen molar-refractivity contribution in [3.8, 4) is 23.0 Å². The molecule has 772 valence electrons. The van der Waals surface area contributed by atoms with Crippen LogP contribution in [0.15, 0.2) is 241 Å². The van der Waals surface area contributed by atoms with Gasteiger partial charge in [-0.05, 0) is 217 Å². The SMILES string of the molecule is COc1ccc(C[C@H](CC(=O)[C@@](C)(O)C(F)(F)F)C(=O)N[C@@H](Cc2ccccc2)C(=O)[C@@]2(C)CO2)cc1.COc1ccc(C[C@H](NC(=O)C(C)(C)N)C(=O)N[C@@H](Cc2ccccc2)C(=O)C2(C)CC2)cc1.COc1ccc(C[C@H](NC(=O)[C@@]2(CO)CCCN2)C(=O)N[C@@H](Cc2ccccc2)C(=O)C2(C)CC2)cc1.COc1ccc(C[C@H](NC(=O)c2cccc(=O)[nH]2)C(=O)N[C@@H](Cc2ccccc2)C(=O)C2(C)CC2)cc1. The third-order valence-corrected chi connectivity index (χ3v) is 27.3. The van der Waals surface area contributed by atoms with Gasteiger partial charge in [0.25, 0.3) is 5.91 Å². The minimum Gasteiger partial charge on any atom is -0.497 e. The van der Waals surface area contributed by atoms with Crippen molar-refractivity contribution in [3.63, 3.8) is 0 Å². The average Bonchev–Trinajstić information content (AvgIpc) is 1.60. The monoisotopic (exact) mass is 1990 g/mol. The number of hydrogen-bond donors (Lipinski definition) is 12. The maximum atomic E-state index is 13.7. The normalized spacial score (nSPS) is 18.3. The molecule has 3 aliphatic carbocycles. The van der Waals surface area contributed by atoms with Crippen LogP contribution < -0.4 is 72.8 Å². The van der Waals surface area contributed by atoms with Crippen LogP contribution in [-0.4, -0.2) is 204 Å². The zero-order valence-corrected chi connectivity index (χ0v) is 83.7. The zero-order valence-electron chi connectivity index (χ0n) is 83.7. The Bertz CT molecular complexity index is 5830. The number of methoxy groups -OCH3 is 4.